The Morgan fingerprint density at radius 2 is 1.83 bits per heavy atom. The van der Waals surface area contributed by atoms with Crippen LogP contribution in [0, 0.1) is 0 Å². The van der Waals surface area contributed by atoms with Crippen molar-refractivity contribution >= 4 is 12.6 Å². The summed E-state index contributed by atoms with van der Waals surface area (Å²) < 4.78 is 0. The Bertz CT molecular complexity index is 522. The second kappa shape index (κ2) is 17.1. The molecule has 0 aromatic rings. The Labute approximate surface area is 185 Å². The summed E-state index contributed by atoms with van der Waals surface area (Å²) in [5.41, 5.74) is 6.73. The molecule has 0 aliphatic carbocycles. The maximum Gasteiger partial charge on any atom is 0.153 e. The van der Waals surface area contributed by atoms with Crippen LogP contribution in [-0.2, 0) is 0 Å². The number of amidine groups is 1. The van der Waals surface area contributed by atoms with Gasteiger partial charge in [0.25, 0.3) is 0 Å². The molecule has 0 spiro atoms. The summed E-state index contributed by atoms with van der Waals surface area (Å²) in [7, 11) is 2.08. The Morgan fingerprint density at radius 3 is 2.47 bits per heavy atom. The van der Waals surface area contributed by atoms with Crippen LogP contribution in [0.2, 0.25) is 0 Å². The summed E-state index contributed by atoms with van der Waals surface area (Å²) >= 11 is 0. The molecule has 2 N–H and O–H groups in total. The largest absolute Gasteiger partial charge is 0.370 e. The second-order valence-electron chi connectivity index (χ2n) is 8.16. The molecule has 30 heavy (non-hydrogen) atoms. The molecule has 0 aromatic carbocycles. The number of nitrogens with two attached hydrogens (primary N) is 1. The maximum atomic E-state index is 5.73. The van der Waals surface area contributed by atoms with Crippen LogP contribution in [0.1, 0.15) is 64.7 Å². The van der Waals surface area contributed by atoms with Crippen molar-refractivity contribution in [3.63, 3.8) is 0 Å². The van der Waals surface area contributed by atoms with E-state index in [0.717, 1.165) is 57.0 Å². The number of hydrogen-bond donors (Lipinski definition) is 1. The first-order chi connectivity index (χ1) is 14.7. The molecule has 1 rings (SSSR count). The molecule has 0 amide bonds. The van der Waals surface area contributed by atoms with Gasteiger partial charge >= 0.3 is 0 Å². The summed E-state index contributed by atoms with van der Waals surface area (Å²) in [6.07, 6.45) is 14.6. The van der Waals surface area contributed by atoms with Gasteiger partial charge in [-0.25, -0.2) is 0 Å². The highest BCUT2D eigenvalue weighted by molar-refractivity contribution is 5.98. The molecule has 6 nitrogen and oxygen atoms in total. The standard InChI is InChI=1S/C24H46N6/c1-5-7-8-10-16-27-24(23(22-26-3)28(4)17-13-15-25)30(6-2)21-14-20-29-18-11-9-12-19-29/h6,22H,2-3,5,7-21,25H2,1,4H3/b23-22+,27-24?. The van der Waals surface area contributed by atoms with E-state index in [1.807, 2.05) is 12.4 Å². The lowest BCUT2D eigenvalue weighted by atomic mass is 10.1. The average molecular weight is 419 g/mol. The van der Waals surface area contributed by atoms with E-state index in [0.29, 0.717) is 6.54 Å². The van der Waals surface area contributed by atoms with E-state index in [9.17, 15) is 0 Å². The molecule has 1 aliphatic heterocycles. The molecule has 1 heterocycles. The summed E-state index contributed by atoms with van der Waals surface area (Å²) in [5, 5.41) is 0. The van der Waals surface area contributed by atoms with Gasteiger partial charge in [0, 0.05) is 26.7 Å². The Balaban J connectivity index is 2.87. The van der Waals surface area contributed by atoms with Crippen LogP contribution < -0.4 is 5.73 Å². The minimum absolute atomic E-state index is 0.670. The highest BCUT2D eigenvalue weighted by Gasteiger charge is 2.18. The molecule has 172 valence electrons. The number of hydrogen-bond acceptors (Lipinski definition) is 5. The third kappa shape index (κ3) is 10.4. The number of likely N-dealkylation sites (N-methyl/N-ethyl adjacent to an activating group) is 1. The van der Waals surface area contributed by atoms with Crippen molar-refractivity contribution in [1.29, 1.82) is 0 Å². The van der Waals surface area contributed by atoms with E-state index in [-0.39, 0.29) is 0 Å². The van der Waals surface area contributed by atoms with Gasteiger partial charge in [-0.2, -0.15) is 0 Å². The van der Waals surface area contributed by atoms with Crippen molar-refractivity contribution in [1.82, 2.24) is 14.7 Å². The molecular formula is C24H46N6. The summed E-state index contributed by atoms with van der Waals surface area (Å²) in [6, 6.07) is 0. The molecule has 0 saturated carbocycles. The minimum atomic E-state index is 0.670. The molecule has 1 saturated heterocycles. The van der Waals surface area contributed by atoms with Crippen LogP contribution in [0.15, 0.2) is 34.7 Å². The van der Waals surface area contributed by atoms with Crippen molar-refractivity contribution in [2.45, 2.75) is 64.7 Å². The van der Waals surface area contributed by atoms with E-state index in [1.54, 1.807) is 0 Å². The highest BCUT2D eigenvalue weighted by atomic mass is 15.2. The van der Waals surface area contributed by atoms with Crippen molar-refractivity contribution in [2.75, 3.05) is 52.9 Å². The van der Waals surface area contributed by atoms with Crippen LogP contribution in [-0.4, -0.2) is 80.1 Å². The van der Waals surface area contributed by atoms with Gasteiger partial charge in [0.15, 0.2) is 5.84 Å². The quantitative estimate of drug-likeness (QED) is 0.233. The van der Waals surface area contributed by atoms with Crippen molar-refractivity contribution in [2.24, 2.45) is 15.7 Å². The molecule has 6 heteroatoms. The normalized spacial score (nSPS) is 15.8. The molecule has 1 fully saturated rings. The van der Waals surface area contributed by atoms with Crippen LogP contribution in [0.3, 0.4) is 0 Å². The number of piperidine rings is 1. The molecule has 0 bridgehead atoms. The van der Waals surface area contributed by atoms with Crippen molar-refractivity contribution < 1.29 is 0 Å². The van der Waals surface area contributed by atoms with Gasteiger partial charge in [-0.05, 0) is 71.2 Å². The van der Waals surface area contributed by atoms with Crippen molar-refractivity contribution in [3.05, 3.63) is 24.7 Å². The number of rotatable bonds is 16. The highest BCUT2D eigenvalue weighted by Crippen LogP contribution is 2.14. The maximum absolute atomic E-state index is 5.73. The zero-order valence-electron chi connectivity index (χ0n) is 19.7. The monoisotopic (exact) mass is 418 g/mol. The first-order valence-electron chi connectivity index (χ1n) is 11.9. The molecule has 0 aromatic heterocycles. The van der Waals surface area contributed by atoms with Crippen LogP contribution in [0.4, 0.5) is 0 Å². The third-order valence-corrected chi connectivity index (χ3v) is 5.64. The van der Waals surface area contributed by atoms with Gasteiger partial charge in [-0.1, -0.05) is 39.2 Å². The van der Waals surface area contributed by atoms with Gasteiger partial charge in [0.05, 0.1) is 11.9 Å². The number of nitrogens with zero attached hydrogens (tertiary/aromatic N) is 5. The fraction of sp³-hybridized carbons (Fsp3) is 0.750. The van der Waals surface area contributed by atoms with Crippen LogP contribution in [0.5, 0.6) is 0 Å². The minimum Gasteiger partial charge on any atom is -0.370 e. The van der Waals surface area contributed by atoms with E-state index >= 15 is 0 Å². The molecule has 0 atom stereocenters. The van der Waals surface area contributed by atoms with Gasteiger partial charge in [-0.15, -0.1) is 0 Å². The smallest absolute Gasteiger partial charge is 0.153 e. The fourth-order valence-electron chi connectivity index (χ4n) is 3.84. The van der Waals surface area contributed by atoms with E-state index in [1.165, 1.54) is 51.6 Å². The summed E-state index contributed by atoms with van der Waals surface area (Å²) in [4.78, 5) is 16.1. The number of likely N-dealkylation sites (tertiary alicyclic amines) is 1. The lowest BCUT2D eigenvalue weighted by Crippen LogP contribution is -2.37. The predicted molar refractivity (Wildman–Crippen MR) is 132 cm³/mol. The number of unbranched alkanes of at least 4 members (excludes halogenated alkanes) is 3. The molecule has 0 unspecified atom stereocenters. The first-order valence-corrected chi connectivity index (χ1v) is 11.9. The number of aliphatic imine (C=N–C) groups is 2. The van der Waals surface area contributed by atoms with Gasteiger partial charge in [0.1, 0.15) is 0 Å². The Morgan fingerprint density at radius 1 is 1.07 bits per heavy atom. The van der Waals surface area contributed by atoms with Gasteiger partial charge < -0.3 is 20.4 Å². The second-order valence-corrected chi connectivity index (χ2v) is 8.16. The zero-order valence-corrected chi connectivity index (χ0v) is 19.7. The summed E-state index contributed by atoms with van der Waals surface area (Å²) in [6.45, 7) is 16.9. The van der Waals surface area contributed by atoms with E-state index in [4.69, 9.17) is 10.7 Å². The molecule has 0 radical (unpaired) electrons. The summed E-state index contributed by atoms with van der Waals surface area (Å²) in [5.74, 6) is 0.951. The fourth-order valence-corrected chi connectivity index (χ4v) is 3.84. The van der Waals surface area contributed by atoms with Gasteiger partial charge in [-0.3, -0.25) is 9.98 Å². The van der Waals surface area contributed by atoms with E-state index in [2.05, 4.69) is 47.0 Å². The SMILES string of the molecule is C=CN(CCCN1CCCCC1)C(=NCCCCCC)/C(=C\N=C)N(C)CCCN. The third-order valence-electron chi connectivity index (χ3n) is 5.64. The Hall–Kier alpha value is -1.66. The predicted octanol–water partition coefficient (Wildman–Crippen LogP) is 4.11. The van der Waals surface area contributed by atoms with Crippen LogP contribution >= 0.6 is 0 Å². The lowest BCUT2D eigenvalue weighted by molar-refractivity contribution is 0.222. The van der Waals surface area contributed by atoms with E-state index < -0.39 is 0 Å². The molecule has 1 aliphatic rings. The van der Waals surface area contributed by atoms with Crippen LogP contribution in [0.25, 0.3) is 0 Å². The first kappa shape index (κ1) is 26.4. The Kier molecular flexibility index (Phi) is 15.0. The topological polar surface area (TPSA) is 60.5 Å². The van der Waals surface area contributed by atoms with Crippen molar-refractivity contribution in [3.8, 4) is 0 Å². The average Bonchev–Trinajstić information content (AvgIpc) is 2.77. The molecular weight excluding hydrogens is 372 g/mol. The van der Waals surface area contributed by atoms with Gasteiger partial charge in [0.2, 0.25) is 0 Å². The zero-order chi connectivity index (χ0) is 22.0. The lowest BCUT2D eigenvalue weighted by Gasteiger charge is -2.31.